The van der Waals surface area contributed by atoms with E-state index in [1.54, 1.807) is 0 Å². The van der Waals surface area contributed by atoms with Crippen LogP contribution in [0.2, 0.25) is 0 Å². The van der Waals surface area contributed by atoms with E-state index in [-0.39, 0.29) is 0 Å². The lowest BCUT2D eigenvalue weighted by molar-refractivity contribution is -0.751. The minimum absolute atomic E-state index is 0.378. The van der Waals surface area contributed by atoms with Crippen LogP contribution in [0.25, 0.3) is 0 Å². The summed E-state index contributed by atoms with van der Waals surface area (Å²) >= 11 is 0. The third-order valence-electron chi connectivity index (χ3n) is 1.73. The van der Waals surface area contributed by atoms with Gasteiger partial charge in [-0.05, 0) is 12.8 Å². The molecule has 0 aromatic carbocycles. The molecular weight excluding hydrogens is 168 g/mol. The second-order valence-electron chi connectivity index (χ2n) is 2.54. The quantitative estimate of drug-likeness (QED) is 0.343. The molecule has 12 heavy (non-hydrogen) atoms. The first-order valence-corrected chi connectivity index (χ1v) is 3.51. The summed E-state index contributed by atoms with van der Waals surface area (Å²) in [7, 11) is 0. The maximum absolute atomic E-state index is 10.2. The van der Waals surface area contributed by atoms with Gasteiger partial charge in [0.1, 0.15) is 0 Å². The third kappa shape index (κ3) is 1.67. The molecule has 1 aliphatic rings. The average molecular weight is 176 g/mol. The highest BCUT2D eigenvalue weighted by Crippen LogP contribution is 2.17. The number of hydrogen-bond acceptors (Lipinski definition) is 5. The van der Waals surface area contributed by atoms with Gasteiger partial charge < -0.3 is 4.74 Å². The van der Waals surface area contributed by atoms with Crippen LogP contribution in [0.1, 0.15) is 12.8 Å². The Morgan fingerprint density at radius 2 is 1.92 bits per heavy atom. The number of ether oxygens (including phenoxy) is 1. The van der Waals surface area contributed by atoms with Crippen molar-refractivity contribution in [2.45, 2.75) is 25.1 Å². The zero-order chi connectivity index (χ0) is 9.14. The van der Waals surface area contributed by atoms with Gasteiger partial charge >= 0.3 is 6.17 Å². The number of hydrogen-bond donors (Lipinski definition) is 0. The molecule has 0 spiro atoms. The summed E-state index contributed by atoms with van der Waals surface area (Å²) in [6, 6.07) is 0. The lowest BCUT2D eigenvalue weighted by Crippen LogP contribution is -2.39. The van der Waals surface area contributed by atoms with Crippen molar-refractivity contribution >= 4 is 0 Å². The standard InChI is InChI=1S/C5H8N2O5/c8-6(9)5(7(10)11)4-2-1-3-12-4/h4-5H,1-3H2. The van der Waals surface area contributed by atoms with Crippen molar-refractivity contribution in [3.8, 4) is 0 Å². The van der Waals surface area contributed by atoms with Crippen molar-refractivity contribution in [3.05, 3.63) is 20.2 Å². The number of rotatable bonds is 3. The molecule has 7 nitrogen and oxygen atoms in total. The molecule has 0 N–H and O–H groups in total. The molecule has 68 valence electrons. The van der Waals surface area contributed by atoms with E-state index in [0.29, 0.717) is 19.4 Å². The highest BCUT2D eigenvalue weighted by atomic mass is 16.7. The predicted molar refractivity (Wildman–Crippen MR) is 36.8 cm³/mol. The van der Waals surface area contributed by atoms with E-state index in [9.17, 15) is 20.2 Å². The number of nitro groups is 2. The summed E-state index contributed by atoms with van der Waals surface area (Å²) in [5.74, 6) is 0. The van der Waals surface area contributed by atoms with Gasteiger partial charge in [0.15, 0.2) is 6.10 Å². The zero-order valence-electron chi connectivity index (χ0n) is 6.21. The summed E-state index contributed by atoms with van der Waals surface area (Å²) < 4.78 is 4.85. The van der Waals surface area contributed by atoms with Gasteiger partial charge in [-0.2, -0.15) is 0 Å². The average Bonchev–Trinajstić information content (AvgIpc) is 2.37. The van der Waals surface area contributed by atoms with Crippen molar-refractivity contribution in [2.24, 2.45) is 0 Å². The van der Waals surface area contributed by atoms with Gasteiger partial charge in [0, 0.05) is 6.61 Å². The molecule has 0 saturated carbocycles. The van der Waals surface area contributed by atoms with Crippen molar-refractivity contribution in [2.75, 3.05) is 6.61 Å². The van der Waals surface area contributed by atoms with Crippen molar-refractivity contribution < 1.29 is 14.6 Å². The molecule has 0 amide bonds. The van der Waals surface area contributed by atoms with E-state index >= 15 is 0 Å². The number of nitrogens with zero attached hydrogens (tertiary/aromatic N) is 2. The first-order valence-electron chi connectivity index (χ1n) is 3.51. The monoisotopic (exact) mass is 176 g/mol. The molecule has 1 aliphatic heterocycles. The molecular formula is C5H8N2O5. The molecule has 1 rings (SSSR count). The molecule has 1 heterocycles. The Morgan fingerprint density at radius 1 is 1.33 bits per heavy atom. The van der Waals surface area contributed by atoms with Crippen molar-refractivity contribution in [3.63, 3.8) is 0 Å². The van der Waals surface area contributed by atoms with E-state index in [4.69, 9.17) is 4.74 Å². The lowest BCUT2D eigenvalue weighted by Gasteiger charge is -2.07. The smallest absolute Gasteiger partial charge is 0.364 e. The van der Waals surface area contributed by atoms with E-state index in [2.05, 4.69) is 0 Å². The summed E-state index contributed by atoms with van der Waals surface area (Å²) in [6.07, 6.45) is -1.60. The highest BCUT2D eigenvalue weighted by molar-refractivity contribution is 4.66. The SMILES string of the molecule is O=[N+]([O-])C(C1CCCO1)[N+](=O)[O-]. The predicted octanol–water partition coefficient (Wildman–Crippen LogP) is 0.0449. The van der Waals surface area contributed by atoms with E-state index < -0.39 is 22.1 Å². The van der Waals surface area contributed by atoms with E-state index in [0.717, 1.165) is 0 Å². The van der Waals surface area contributed by atoms with Gasteiger partial charge in [-0.3, -0.25) is 20.2 Å². The van der Waals surface area contributed by atoms with Gasteiger partial charge in [-0.25, -0.2) is 0 Å². The Balaban J connectivity index is 2.64. The molecule has 1 atom stereocenters. The Bertz CT molecular complexity index is 186. The summed E-state index contributed by atoms with van der Waals surface area (Å²) in [5.41, 5.74) is 0. The van der Waals surface area contributed by atoms with Crippen LogP contribution < -0.4 is 0 Å². The second kappa shape index (κ2) is 3.44. The van der Waals surface area contributed by atoms with Crippen molar-refractivity contribution in [1.29, 1.82) is 0 Å². The molecule has 1 unspecified atom stereocenters. The first-order chi connectivity index (χ1) is 5.63. The van der Waals surface area contributed by atoms with Crippen LogP contribution in [-0.2, 0) is 4.74 Å². The van der Waals surface area contributed by atoms with Crippen molar-refractivity contribution in [1.82, 2.24) is 0 Å². The summed E-state index contributed by atoms with van der Waals surface area (Å²) in [4.78, 5) is 18.6. The van der Waals surface area contributed by atoms with Crippen LogP contribution in [0.5, 0.6) is 0 Å². The Morgan fingerprint density at radius 3 is 2.25 bits per heavy atom. The molecule has 0 radical (unpaired) electrons. The van der Waals surface area contributed by atoms with Crippen LogP contribution in [0.4, 0.5) is 0 Å². The zero-order valence-corrected chi connectivity index (χ0v) is 6.21. The molecule has 1 saturated heterocycles. The Kier molecular flexibility index (Phi) is 2.54. The Labute approximate surface area is 67.6 Å². The lowest BCUT2D eigenvalue weighted by atomic mass is 10.2. The minimum atomic E-state index is -1.80. The fourth-order valence-electron chi connectivity index (χ4n) is 1.19. The van der Waals surface area contributed by atoms with Crippen LogP contribution in [-0.4, -0.2) is 28.7 Å². The fraction of sp³-hybridized carbons (Fsp3) is 1.00. The minimum Gasteiger partial charge on any atom is -0.364 e. The van der Waals surface area contributed by atoms with Crippen LogP contribution in [0, 0.1) is 20.2 Å². The highest BCUT2D eigenvalue weighted by Gasteiger charge is 2.44. The Hall–Kier alpha value is -1.24. The van der Waals surface area contributed by atoms with Gasteiger partial charge in [0.2, 0.25) is 0 Å². The topological polar surface area (TPSA) is 95.5 Å². The van der Waals surface area contributed by atoms with Crippen LogP contribution >= 0.6 is 0 Å². The molecule has 0 aromatic heterocycles. The summed E-state index contributed by atoms with van der Waals surface area (Å²) in [6.45, 7) is 0.378. The van der Waals surface area contributed by atoms with Gasteiger partial charge in [0.05, 0.1) is 9.85 Å². The largest absolute Gasteiger partial charge is 0.475 e. The van der Waals surface area contributed by atoms with Crippen LogP contribution in [0.3, 0.4) is 0 Å². The molecule has 0 aromatic rings. The van der Waals surface area contributed by atoms with Gasteiger partial charge in [-0.1, -0.05) is 0 Å². The molecule has 0 bridgehead atoms. The van der Waals surface area contributed by atoms with E-state index in [1.807, 2.05) is 0 Å². The maximum Gasteiger partial charge on any atom is 0.475 e. The van der Waals surface area contributed by atoms with Gasteiger partial charge in [0.25, 0.3) is 0 Å². The molecule has 7 heteroatoms. The maximum atomic E-state index is 10.2. The van der Waals surface area contributed by atoms with Gasteiger partial charge in [-0.15, -0.1) is 0 Å². The normalized spacial score (nSPS) is 22.9. The summed E-state index contributed by atoms with van der Waals surface area (Å²) in [5, 5.41) is 20.4. The van der Waals surface area contributed by atoms with Crippen LogP contribution in [0.15, 0.2) is 0 Å². The fourth-order valence-corrected chi connectivity index (χ4v) is 1.19. The molecule has 1 fully saturated rings. The molecule has 0 aliphatic carbocycles. The first kappa shape index (κ1) is 8.85. The second-order valence-corrected chi connectivity index (χ2v) is 2.54. The van der Waals surface area contributed by atoms with E-state index in [1.165, 1.54) is 0 Å². The third-order valence-corrected chi connectivity index (χ3v) is 1.73.